The number of halogens is 3. The Morgan fingerprint density at radius 2 is 1.67 bits per heavy atom. The van der Waals surface area contributed by atoms with Gasteiger partial charge in [-0.25, -0.2) is 4.79 Å². The zero-order chi connectivity index (χ0) is 41.9. The standard InChI is InChI=1S/C41H50F3N7O6S/c1-25-22-48(23-26(2)49(25)24-36(53)46-28-11-9-27(10-12-28)31-17-18-35(52)47-37(31)54)19-6-20-57-30-15-13-29(14-16-30)50-39(56)51(38(55)40(50,3)4)58-34-8-5-7-33(32(34)21-45)41(42,43)44/h5,7-12,25-26,29-31H,6,13-20,22-24H2,1-4H3,(H,46,53)(H,47,52,54)/t25-,26+,29?,30?,31?. The van der Waals surface area contributed by atoms with Gasteiger partial charge < -0.3 is 19.9 Å². The monoisotopic (exact) mass is 825 g/mol. The second-order valence-electron chi connectivity index (χ2n) is 16.1. The summed E-state index contributed by atoms with van der Waals surface area (Å²) in [5.41, 5.74) is -1.51. The van der Waals surface area contributed by atoms with Gasteiger partial charge in [0, 0.05) is 73.3 Å². The van der Waals surface area contributed by atoms with E-state index in [-0.39, 0.29) is 59.3 Å². The number of hydrogen-bond acceptors (Lipinski definition) is 10. The van der Waals surface area contributed by atoms with Gasteiger partial charge in [0.1, 0.15) is 11.6 Å². The SMILES string of the molecule is C[C@@H]1CN(CCCOC2CCC(N3C(=O)N(Sc4cccc(C(F)(F)F)c4C#N)C(=O)C3(C)C)CC2)C[C@H](C)N1CC(=O)Nc1ccc(C2CCC(=O)NC2=O)cc1. The quantitative estimate of drug-likeness (QED) is 0.115. The van der Waals surface area contributed by atoms with Gasteiger partial charge in [-0.05, 0) is 96.0 Å². The first-order valence-corrected chi connectivity index (χ1v) is 20.5. The Kier molecular flexibility index (Phi) is 13.2. The van der Waals surface area contributed by atoms with Crippen LogP contribution in [0.15, 0.2) is 47.4 Å². The highest BCUT2D eigenvalue weighted by Crippen LogP contribution is 2.43. The fourth-order valence-corrected chi connectivity index (χ4v) is 9.73. The Morgan fingerprint density at radius 3 is 2.29 bits per heavy atom. The van der Waals surface area contributed by atoms with Gasteiger partial charge in [0.05, 0.1) is 29.7 Å². The molecular formula is C41H50F3N7O6S. The maximum Gasteiger partial charge on any atom is 0.417 e. The third-order valence-electron chi connectivity index (χ3n) is 11.6. The van der Waals surface area contributed by atoms with Crippen molar-refractivity contribution in [2.24, 2.45) is 0 Å². The summed E-state index contributed by atoms with van der Waals surface area (Å²) < 4.78 is 47.8. The van der Waals surface area contributed by atoms with Crippen molar-refractivity contribution in [3.05, 3.63) is 59.2 Å². The Balaban J connectivity index is 0.912. The molecule has 312 valence electrons. The topological polar surface area (TPSA) is 155 Å². The van der Waals surface area contributed by atoms with Crippen LogP contribution < -0.4 is 10.6 Å². The van der Waals surface area contributed by atoms with Gasteiger partial charge in [0.15, 0.2) is 0 Å². The Bertz CT molecular complexity index is 1920. The third-order valence-corrected chi connectivity index (χ3v) is 12.7. The van der Waals surface area contributed by atoms with Crippen molar-refractivity contribution in [3.8, 4) is 6.07 Å². The lowest BCUT2D eigenvalue weighted by atomic mass is 9.89. The van der Waals surface area contributed by atoms with E-state index in [1.807, 2.05) is 12.1 Å². The summed E-state index contributed by atoms with van der Waals surface area (Å²) in [5.74, 6) is -1.60. The molecule has 13 nitrogen and oxygen atoms in total. The number of piperidine rings is 1. The first-order valence-electron chi connectivity index (χ1n) is 19.8. The second-order valence-corrected chi connectivity index (χ2v) is 17.1. The third kappa shape index (κ3) is 9.51. The molecule has 3 aliphatic heterocycles. The molecule has 3 heterocycles. The van der Waals surface area contributed by atoms with Crippen molar-refractivity contribution in [3.63, 3.8) is 0 Å². The van der Waals surface area contributed by atoms with E-state index >= 15 is 0 Å². The van der Waals surface area contributed by atoms with Crippen molar-refractivity contribution in [1.82, 2.24) is 24.3 Å². The first kappa shape index (κ1) is 43.1. The summed E-state index contributed by atoms with van der Waals surface area (Å²) >= 11 is 0.556. The van der Waals surface area contributed by atoms with E-state index in [4.69, 9.17) is 4.74 Å². The van der Waals surface area contributed by atoms with Crippen molar-refractivity contribution in [2.45, 2.75) is 119 Å². The molecule has 6 rings (SSSR count). The summed E-state index contributed by atoms with van der Waals surface area (Å²) in [5, 5.41) is 14.9. The lowest BCUT2D eigenvalue weighted by Gasteiger charge is -2.44. The minimum atomic E-state index is -4.76. The molecule has 58 heavy (non-hydrogen) atoms. The van der Waals surface area contributed by atoms with Crippen LogP contribution in [0.25, 0.3) is 0 Å². The molecule has 1 unspecified atom stereocenters. The van der Waals surface area contributed by atoms with Crippen LogP contribution >= 0.6 is 11.9 Å². The van der Waals surface area contributed by atoms with Gasteiger partial charge in [0.2, 0.25) is 17.7 Å². The predicted octanol–water partition coefficient (Wildman–Crippen LogP) is 5.90. The fraction of sp³-hybridized carbons (Fsp3) is 0.561. The van der Waals surface area contributed by atoms with E-state index in [0.717, 1.165) is 48.1 Å². The van der Waals surface area contributed by atoms with E-state index in [1.54, 1.807) is 32.0 Å². The molecule has 0 spiro atoms. The second kappa shape index (κ2) is 17.8. The highest BCUT2D eigenvalue weighted by atomic mass is 32.2. The van der Waals surface area contributed by atoms with Gasteiger partial charge in [-0.2, -0.15) is 22.7 Å². The Morgan fingerprint density at radius 1 is 1.00 bits per heavy atom. The van der Waals surface area contributed by atoms with Crippen LogP contribution in [0.3, 0.4) is 0 Å². The number of urea groups is 1. The number of nitrogens with zero attached hydrogens (tertiary/aromatic N) is 5. The fourth-order valence-electron chi connectivity index (χ4n) is 8.67. The predicted molar refractivity (Wildman–Crippen MR) is 209 cm³/mol. The number of nitriles is 1. The lowest BCUT2D eigenvalue weighted by Crippen LogP contribution is -2.58. The smallest absolute Gasteiger partial charge is 0.378 e. The largest absolute Gasteiger partial charge is 0.417 e. The van der Waals surface area contributed by atoms with Crippen LogP contribution in [0, 0.1) is 11.3 Å². The summed E-state index contributed by atoms with van der Waals surface area (Å²) in [7, 11) is 0. The maximum absolute atomic E-state index is 13.7. The average Bonchev–Trinajstić information content (AvgIpc) is 3.33. The molecule has 3 atom stereocenters. The summed E-state index contributed by atoms with van der Waals surface area (Å²) in [6, 6.07) is 11.5. The van der Waals surface area contributed by atoms with E-state index in [1.165, 1.54) is 11.0 Å². The zero-order valence-corrected chi connectivity index (χ0v) is 34.0. The summed E-state index contributed by atoms with van der Waals surface area (Å²) in [6.45, 7) is 10.8. The molecule has 0 bridgehead atoms. The maximum atomic E-state index is 13.7. The number of nitrogens with one attached hydrogen (secondary N) is 2. The number of rotatable bonds is 12. The Hall–Kier alpha value is -4.50. The number of piperazine rings is 1. The number of benzene rings is 2. The number of hydrogen-bond donors (Lipinski definition) is 2. The number of amides is 6. The molecule has 0 radical (unpaired) electrons. The van der Waals surface area contributed by atoms with Crippen molar-refractivity contribution >= 4 is 47.3 Å². The highest BCUT2D eigenvalue weighted by Gasteiger charge is 2.55. The van der Waals surface area contributed by atoms with Crippen molar-refractivity contribution < 1.29 is 41.9 Å². The van der Waals surface area contributed by atoms with E-state index in [2.05, 4.69) is 34.3 Å². The zero-order valence-electron chi connectivity index (χ0n) is 33.1. The van der Waals surface area contributed by atoms with Crippen LogP contribution in [0.2, 0.25) is 0 Å². The molecule has 1 saturated carbocycles. The summed E-state index contributed by atoms with van der Waals surface area (Å²) in [4.78, 5) is 69.8. The van der Waals surface area contributed by atoms with Gasteiger partial charge >= 0.3 is 12.2 Å². The number of carbonyl (C=O) groups is 5. The molecule has 4 fully saturated rings. The summed E-state index contributed by atoms with van der Waals surface area (Å²) in [6.07, 6.45) is -0.562. The van der Waals surface area contributed by atoms with Crippen molar-refractivity contribution in [1.29, 1.82) is 5.26 Å². The van der Waals surface area contributed by atoms with Crippen LogP contribution in [-0.2, 0) is 30.1 Å². The number of alkyl halides is 3. The minimum absolute atomic E-state index is 0.00313. The Labute approximate surface area is 340 Å². The van der Waals surface area contributed by atoms with Gasteiger partial charge in [-0.15, -0.1) is 0 Å². The van der Waals surface area contributed by atoms with Crippen LogP contribution in [0.1, 0.15) is 95.2 Å². The number of imide groups is 2. The van der Waals surface area contributed by atoms with Gasteiger partial charge in [-0.1, -0.05) is 18.2 Å². The number of ether oxygens (including phenoxy) is 1. The molecule has 4 aliphatic rings. The highest BCUT2D eigenvalue weighted by molar-refractivity contribution is 7.98. The van der Waals surface area contributed by atoms with E-state index in [0.29, 0.717) is 62.8 Å². The normalized spacial score (nSPS) is 25.8. The minimum Gasteiger partial charge on any atom is -0.378 e. The molecule has 0 aromatic heterocycles. The molecule has 1 aliphatic carbocycles. The van der Waals surface area contributed by atoms with Crippen molar-refractivity contribution in [2.75, 3.05) is 38.1 Å². The average molecular weight is 826 g/mol. The number of anilines is 1. The molecule has 3 saturated heterocycles. The van der Waals surface area contributed by atoms with E-state index < -0.39 is 34.8 Å². The first-order chi connectivity index (χ1) is 27.5. The van der Waals surface area contributed by atoms with Crippen LogP contribution in [0.4, 0.5) is 23.7 Å². The lowest BCUT2D eigenvalue weighted by molar-refractivity contribution is -0.138. The molecule has 2 aromatic carbocycles. The molecular weight excluding hydrogens is 776 g/mol. The van der Waals surface area contributed by atoms with E-state index in [9.17, 15) is 42.4 Å². The molecule has 2 N–H and O–H groups in total. The molecule has 2 aromatic rings. The molecule has 6 amide bonds. The van der Waals surface area contributed by atoms with Gasteiger partial charge in [-0.3, -0.25) is 29.4 Å². The van der Waals surface area contributed by atoms with Gasteiger partial charge in [0.25, 0.3) is 5.91 Å². The van der Waals surface area contributed by atoms with Crippen LogP contribution in [0.5, 0.6) is 0 Å². The van der Waals surface area contributed by atoms with Crippen LogP contribution in [-0.4, -0.2) is 111 Å². The molecule has 17 heteroatoms. The number of carbonyl (C=O) groups excluding carboxylic acids is 5.